The summed E-state index contributed by atoms with van der Waals surface area (Å²) in [5.41, 5.74) is 0.823. The number of nitrogens with zero attached hydrogens (tertiary/aromatic N) is 2. The van der Waals surface area contributed by atoms with Crippen LogP contribution in [0, 0.1) is 21.4 Å². The number of esters is 2. The van der Waals surface area contributed by atoms with Gasteiger partial charge in [0.2, 0.25) is 0 Å². The first kappa shape index (κ1) is 25.3. The lowest BCUT2D eigenvalue weighted by Gasteiger charge is -2.07. The van der Waals surface area contributed by atoms with Crippen molar-refractivity contribution in [3.63, 3.8) is 0 Å². The maximum atomic E-state index is 12.5. The normalized spacial score (nSPS) is 10.6. The van der Waals surface area contributed by atoms with Gasteiger partial charge in [-0.25, -0.2) is 9.59 Å². The van der Waals surface area contributed by atoms with Gasteiger partial charge in [0.25, 0.3) is 11.6 Å². The molecule has 0 fully saturated rings. The van der Waals surface area contributed by atoms with Crippen LogP contribution in [0.3, 0.4) is 0 Å². The summed E-state index contributed by atoms with van der Waals surface area (Å²) in [6.45, 7) is 1.94. The average molecular weight is 485 g/mol. The zero-order valence-electron chi connectivity index (χ0n) is 19.0. The first-order chi connectivity index (χ1) is 17.3. The van der Waals surface area contributed by atoms with E-state index in [1.54, 1.807) is 6.92 Å². The topological polar surface area (TPSA) is 149 Å². The Balaban J connectivity index is 1.66. The van der Waals surface area contributed by atoms with E-state index >= 15 is 0 Å². The summed E-state index contributed by atoms with van der Waals surface area (Å²) in [4.78, 5) is 46.8. The lowest BCUT2D eigenvalue weighted by Crippen LogP contribution is -2.13. The van der Waals surface area contributed by atoms with Crippen LogP contribution in [0.2, 0.25) is 0 Å². The van der Waals surface area contributed by atoms with Crippen molar-refractivity contribution in [3.05, 3.63) is 105 Å². The largest absolute Gasteiger partial charge is 0.462 e. The number of hydrogen-bond acceptors (Lipinski definition) is 8. The van der Waals surface area contributed by atoms with E-state index in [0.717, 1.165) is 6.07 Å². The summed E-state index contributed by atoms with van der Waals surface area (Å²) < 4.78 is 10.1. The molecule has 3 rings (SSSR count). The van der Waals surface area contributed by atoms with Crippen molar-refractivity contribution in [1.29, 1.82) is 5.26 Å². The van der Waals surface area contributed by atoms with Gasteiger partial charge < -0.3 is 14.8 Å². The van der Waals surface area contributed by atoms with Gasteiger partial charge in [-0.15, -0.1) is 0 Å². The third-order valence-corrected chi connectivity index (χ3v) is 4.71. The summed E-state index contributed by atoms with van der Waals surface area (Å²) in [6, 6.07) is 19.0. The summed E-state index contributed by atoms with van der Waals surface area (Å²) in [6.07, 6.45) is 1.36. The molecule has 1 amide bonds. The summed E-state index contributed by atoms with van der Waals surface area (Å²) >= 11 is 0. The molecule has 0 radical (unpaired) electrons. The fourth-order valence-corrected chi connectivity index (χ4v) is 2.96. The van der Waals surface area contributed by atoms with Crippen LogP contribution in [-0.4, -0.2) is 29.4 Å². The molecule has 0 spiro atoms. The molecule has 36 heavy (non-hydrogen) atoms. The molecule has 0 aliphatic rings. The van der Waals surface area contributed by atoms with Crippen molar-refractivity contribution in [2.75, 3.05) is 11.9 Å². The summed E-state index contributed by atoms with van der Waals surface area (Å²) in [5.74, 6) is -1.73. The summed E-state index contributed by atoms with van der Waals surface area (Å²) in [5, 5.41) is 22.9. The molecule has 0 saturated heterocycles. The number of nitriles is 1. The Morgan fingerprint density at radius 2 is 1.69 bits per heavy atom. The highest BCUT2D eigenvalue weighted by Gasteiger charge is 2.14. The van der Waals surface area contributed by atoms with Crippen molar-refractivity contribution >= 4 is 35.3 Å². The van der Waals surface area contributed by atoms with E-state index in [4.69, 9.17) is 9.47 Å². The van der Waals surface area contributed by atoms with Crippen LogP contribution in [-0.2, 0) is 9.53 Å². The molecule has 10 heteroatoms. The minimum atomic E-state index is -0.770. The molecule has 3 aromatic carbocycles. The smallest absolute Gasteiger partial charge is 0.343 e. The predicted octanol–water partition coefficient (Wildman–Crippen LogP) is 4.54. The molecule has 10 nitrogen and oxygen atoms in total. The Morgan fingerprint density at radius 1 is 1.00 bits per heavy atom. The number of anilines is 1. The second-order valence-corrected chi connectivity index (χ2v) is 7.19. The van der Waals surface area contributed by atoms with Crippen molar-refractivity contribution in [3.8, 4) is 11.8 Å². The van der Waals surface area contributed by atoms with Gasteiger partial charge in [0, 0.05) is 17.8 Å². The third-order valence-electron chi connectivity index (χ3n) is 4.71. The van der Waals surface area contributed by atoms with Crippen LogP contribution in [0.25, 0.3) is 6.08 Å². The molecule has 3 aromatic rings. The molecule has 0 aliphatic heterocycles. The zero-order chi connectivity index (χ0) is 26.1. The fourth-order valence-electron chi connectivity index (χ4n) is 2.96. The van der Waals surface area contributed by atoms with E-state index in [1.807, 2.05) is 6.07 Å². The molecule has 0 heterocycles. The number of carbonyl (C=O) groups excluding carboxylic acids is 3. The highest BCUT2D eigenvalue weighted by molar-refractivity contribution is 6.09. The van der Waals surface area contributed by atoms with Gasteiger partial charge in [-0.05, 0) is 61.0 Å². The predicted molar refractivity (Wildman–Crippen MR) is 129 cm³/mol. The molecule has 1 N–H and O–H groups in total. The number of carbonyl (C=O) groups is 3. The maximum Gasteiger partial charge on any atom is 0.343 e. The molecule has 0 atom stereocenters. The van der Waals surface area contributed by atoms with Crippen LogP contribution < -0.4 is 10.1 Å². The first-order valence-corrected chi connectivity index (χ1v) is 10.6. The molecule has 0 saturated carbocycles. The van der Waals surface area contributed by atoms with E-state index in [9.17, 15) is 29.8 Å². The van der Waals surface area contributed by atoms with Crippen molar-refractivity contribution < 1.29 is 28.8 Å². The number of nitrogens with one attached hydrogen (secondary N) is 1. The fraction of sp³-hybridized carbons (Fsp3) is 0.0769. The van der Waals surface area contributed by atoms with Crippen molar-refractivity contribution in [2.24, 2.45) is 0 Å². The monoisotopic (exact) mass is 485 g/mol. The van der Waals surface area contributed by atoms with Gasteiger partial charge in [-0.3, -0.25) is 14.9 Å². The quantitative estimate of drug-likeness (QED) is 0.122. The second-order valence-electron chi connectivity index (χ2n) is 7.19. The number of hydrogen-bond donors (Lipinski definition) is 1. The maximum absolute atomic E-state index is 12.5. The Labute approximate surface area is 205 Å². The highest BCUT2D eigenvalue weighted by atomic mass is 16.6. The van der Waals surface area contributed by atoms with E-state index in [1.165, 1.54) is 72.8 Å². The number of benzene rings is 3. The Kier molecular flexibility index (Phi) is 8.24. The van der Waals surface area contributed by atoms with E-state index in [-0.39, 0.29) is 29.2 Å². The zero-order valence-corrected chi connectivity index (χ0v) is 19.0. The molecular formula is C26H19N3O7. The van der Waals surface area contributed by atoms with Crippen LogP contribution in [0.15, 0.2) is 78.4 Å². The number of rotatable bonds is 8. The lowest BCUT2D eigenvalue weighted by molar-refractivity contribution is -0.384. The highest BCUT2D eigenvalue weighted by Crippen LogP contribution is 2.19. The molecule has 0 aromatic heterocycles. The Morgan fingerprint density at radius 3 is 2.31 bits per heavy atom. The van der Waals surface area contributed by atoms with E-state index < -0.39 is 22.8 Å². The number of ether oxygens (including phenoxy) is 2. The van der Waals surface area contributed by atoms with Crippen LogP contribution in [0.5, 0.6) is 5.75 Å². The van der Waals surface area contributed by atoms with Gasteiger partial charge in [0.15, 0.2) is 0 Å². The first-order valence-electron chi connectivity index (χ1n) is 10.6. The Hall–Kier alpha value is -5.30. The van der Waals surface area contributed by atoms with Gasteiger partial charge >= 0.3 is 11.9 Å². The molecule has 0 aliphatic carbocycles. The minimum Gasteiger partial charge on any atom is -0.462 e. The van der Waals surface area contributed by atoms with Gasteiger partial charge in [0.1, 0.15) is 17.4 Å². The van der Waals surface area contributed by atoms with Crippen LogP contribution >= 0.6 is 0 Å². The summed E-state index contributed by atoms with van der Waals surface area (Å²) in [7, 11) is 0. The van der Waals surface area contributed by atoms with Crippen LogP contribution in [0.1, 0.15) is 33.2 Å². The van der Waals surface area contributed by atoms with Gasteiger partial charge in [-0.1, -0.05) is 18.2 Å². The molecule has 180 valence electrons. The number of nitro benzene ring substituents is 1. The van der Waals surface area contributed by atoms with Crippen LogP contribution in [0.4, 0.5) is 11.4 Å². The number of nitro groups is 1. The SMILES string of the molecule is CCOC(=O)c1ccc(NC(=O)/C(C#N)=C/c2ccc(OC(=O)c3cccc([N+](=O)[O-])c3)cc2)cc1. The lowest BCUT2D eigenvalue weighted by atomic mass is 10.1. The van der Waals surface area contributed by atoms with E-state index in [0.29, 0.717) is 16.8 Å². The van der Waals surface area contributed by atoms with Crippen molar-refractivity contribution in [1.82, 2.24) is 0 Å². The Bertz CT molecular complexity index is 1370. The standard InChI is InChI=1S/C26H19N3O7/c1-2-35-25(31)18-8-10-21(11-9-18)28-24(30)20(16-27)14-17-6-12-23(13-7-17)36-26(32)19-4-3-5-22(15-19)29(33)34/h3-15H,2H2,1H3,(H,28,30)/b20-14+. The third kappa shape index (κ3) is 6.61. The number of non-ortho nitro benzene ring substituents is 1. The molecular weight excluding hydrogens is 466 g/mol. The van der Waals surface area contributed by atoms with E-state index in [2.05, 4.69) is 5.32 Å². The molecule has 0 bridgehead atoms. The molecule has 0 unspecified atom stereocenters. The average Bonchev–Trinajstić information content (AvgIpc) is 2.88. The van der Waals surface area contributed by atoms with Gasteiger partial charge in [-0.2, -0.15) is 5.26 Å². The second kappa shape index (κ2) is 11.7. The minimum absolute atomic E-state index is 0.0203. The van der Waals surface area contributed by atoms with Gasteiger partial charge in [0.05, 0.1) is 22.7 Å². The van der Waals surface area contributed by atoms with Crippen molar-refractivity contribution in [2.45, 2.75) is 6.92 Å². The number of amides is 1.